The molecule has 0 aromatic carbocycles. The summed E-state index contributed by atoms with van der Waals surface area (Å²) in [5.41, 5.74) is 0. The van der Waals surface area contributed by atoms with Crippen molar-refractivity contribution >= 4 is 18.2 Å². The summed E-state index contributed by atoms with van der Waals surface area (Å²) >= 11 is 0. The minimum atomic E-state index is 0. The van der Waals surface area contributed by atoms with Crippen molar-refractivity contribution in [3.05, 3.63) is 24.4 Å². The topological polar surface area (TPSA) is 48.7 Å². The lowest BCUT2D eigenvalue weighted by atomic mass is 10.4. The monoisotopic (exact) mass is 169 g/mol. The molecule has 0 saturated heterocycles. The molecule has 0 fully saturated rings. The quantitative estimate of drug-likeness (QED) is 0.682. The van der Waals surface area contributed by atoms with Gasteiger partial charge in [0.1, 0.15) is 12.4 Å². The van der Waals surface area contributed by atoms with Gasteiger partial charge in [-0.15, -0.1) is 12.4 Å². The molecule has 0 unspecified atom stereocenters. The number of nitriles is 1. The van der Waals surface area contributed by atoms with Gasteiger partial charge < -0.3 is 5.32 Å². The van der Waals surface area contributed by atoms with E-state index in [0.29, 0.717) is 6.54 Å². The van der Waals surface area contributed by atoms with Crippen LogP contribution in [0.2, 0.25) is 0 Å². The van der Waals surface area contributed by atoms with Gasteiger partial charge in [0.25, 0.3) is 0 Å². The Hall–Kier alpha value is -1.27. The molecule has 0 bridgehead atoms. The van der Waals surface area contributed by atoms with Gasteiger partial charge in [0.15, 0.2) is 0 Å². The molecule has 0 aliphatic heterocycles. The molecule has 0 aliphatic carbocycles. The molecule has 58 valence electrons. The molecule has 0 spiro atoms. The van der Waals surface area contributed by atoms with Gasteiger partial charge in [0, 0.05) is 6.20 Å². The van der Waals surface area contributed by atoms with Crippen LogP contribution in [-0.4, -0.2) is 11.5 Å². The van der Waals surface area contributed by atoms with Crippen molar-refractivity contribution in [1.82, 2.24) is 4.98 Å². The van der Waals surface area contributed by atoms with E-state index < -0.39 is 0 Å². The number of hydrogen-bond acceptors (Lipinski definition) is 3. The summed E-state index contributed by atoms with van der Waals surface area (Å²) < 4.78 is 0. The van der Waals surface area contributed by atoms with Crippen molar-refractivity contribution in [3.8, 4) is 6.07 Å². The fourth-order valence-corrected chi connectivity index (χ4v) is 0.597. The van der Waals surface area contributed by atoms with Crippen molar-refractivity contribution in [2.75, 3.05) is 11.9 Å². The fraction of sp³-hybridized carbons (Fsp3) is 0.143. The molecule has 4 heteroatoms. The molecule has 0 aliphatic rings. The Morgan fingerprint density at radius 2 is 2.36 bits per heavy atom. The Morgan fingerprint density at radius 1 is 1.55 bits per heavy atom. The highest BCUT2D eigenvalue weighted by atomic mass is 35.5. The van der Waals surface area contributed by atoms with Crippen LogP contribution in [0.5, 0.6) is 0 Å². The number of nitrogens with zero attached hydrogens (tertiary/aromatic N) is 2. The number of hydrogen-bond donors (Lipinski definition) is 1. The maximum atomic E-state index is 8.19. The normalized spacial score (nSPS) is 7.55. The summed E-state index contributed by atoms with van der Waals surface area (Å²) in [6.45, 7) is 0.303. The second-order valence-corrected chi connectivity index (χ2v) is 1.73. The van der Waals surface area contributed by atoms with E-state index in [-0.39, 0.29) is 12.4 Å². The summed E-state index contributed by atoms with van der Waals surface area (Å²) in [7, 11) is 0. The highest BCUT2D eigenvalue weighted by molar-refractivity contribution is 5.85. The van der Waals surface area contributed by atoms with E-state index in [1.807, 2.05) is 24.3 Å². The molecule has 1 N–H and O–H groups in total. The van der Waals surface area contributed by atoms with Gasteiger partial charge >= 0.3 is 0 Å². The lowest BCUT2D eigenvalue weighted by molar-refractivity contribution is 1.23. The molecule has 3 nitrogen and oxygen atoms in total. The molecule has 11 heavy (non-hydrogen) atoms. The molecule has 1 aromatic heterocycles. The van der Waals surface area contributed by atoms with Crippen LogP contribution in [-0.2, 0) is 0 Å². The Balaban J connectivity index is 0.000001000. The van der Waals surface area contributed by atoms with Crippen molar-refractivity contribution in [1.29, 1.82) is 5.26 Å². The Labute approximate surface area is 71.5 Å². The van der Waals surface area contributed by atoms with Gasteiger partial charge in [0.05, 0.1) is 6.07 Å². The third kappa shape index (κ3) is 3.43. The van der Waals surface area contributed by atoms with Gasteiger partial charge in [-0.3, -0.25) is 0 Å². The zero-order valence-corrected chi connectivity index (χ0v) is 6.64. The smallest absolute Gasteiger partial charge is 0.126 e. The second kappa shape index (κ2) is 5.51. The van der Waals surface area contributed by atoms with E-state index in [1.54, 1.807) is 6.20 Å². The minimum Gasteiger partial charge on any atom is -0.357 e. The molecule has 0 saturated carbocycles. The first kappa shape index (κ1) is 9.73. The van der Waals surface area contributed by atoms with E-state index in [2.05, 4.69) is 10.3 Å². The van der Waals surface area contributed by atoms with Crippen molar-refractivity contribution < 1.29 is 0 Å². The number of nitrogens with one attached hydrogen (secondary N) is 1. The Kier molecular flexibility index (Phi) is 4.87. The maximum Gasteiger partial charge on any atom is 0.126 e. The average Bonchev–Trinajstić information content (AvgIpc) is 2.03. The van der Waals surface area contributed by atoms with Crippen LogP contribution in [0, 0.1) is 11.3 Å². The standard InChI is InChI=1S/C7H7N3.ClH/c8-4-6-10-7-3-1-2-5-9-7;/h1-3,5H,6H2,(H,9,10);1H. The molecule has 0 atom stereocenters. The van der Waals surface area contributed by atoms with Crippen LogP contribution in [0.25, 0.3) is 0 Å². The number of pyridine rings is 1. The SMILES string of the molecule is Cl.N#CCNc1ccccn1. The number of aromatic nitrogens is 1. The molecule has 0 radical (unpaired) electrons. The van der Waals surface area contributed by atoms with Crippen molar-refractivity contribution in [2.24, 2.45) is 0 Å². The fourth-order valence-electron chi connectivity index (χ4n) is 0.597. The number of halogens is 1. The average molecular weight is 170 g/mol. The number of anilines is 1. The first-order chi connectivity index (χ1) is 4.93. The van der Waals surface area contributed by atoms with E-state index >= 15 is 0 Å². The van der Waals surface area contributed by atoms with E-state index in [9.17, 15) is 0 Å². The van der Waals surface area contributed by atoms with Gasteiger partial charge in [0.2, 0.25) is 0 Å². The van der Waals surface area contributed by atoms with Crippen LogP contribution in [0.3, 0.4) is 0 Å². The highest BCUT2D eigenvalue weighted by Crippen LogP contribution is 1.97. The summed E-state index contributed by atoms with van der Waals surface area (Å²) in [4.78, 5) is 3.95. The highest BCUT2D eigenvalue weighted by Gasteiger charge is 1.85. The maximum absolute atomic E-state index is 8.19. The summed E-state index contributed by atoms with van der Waals surface area (Å²) in [6.07, 6.45) is 1.68. The van der Waals surface area contributed by atoms with Crippen LogP contribution >= 0.6 is 12.4 Å². The number of rotatable bonds is 2. The molecule has 0 amide bonds. The largest absolute Gasteiger partial charge is 0.357 e. The van der Waals surface area contributed by atoms with Crippen molar-refractivity contribution in [2.45, 2.75) is 0 Å². The zero-order chi connectivity index (χ0) is 7.23. The van der Waals surface area contributed by atoms with Gasteiger partial charge in [-0.05, 0) is 12.1 Å². The second-order valence-electron chi connectivity index (χ2n) is 1.73. The first-order valence-corrected chi connectivity index (χ1v) is 2.95. The molecular weight excluding hydrogens is 162 g/mol. The first-order valence-electron chi connectivity index (χ1n) is 2.95. The van der Waals surface area contributed by atoms with E-state index in [4.69, 9.17) is 5.26 Å². The van der Waals surface area contributed by atoms with E-state index in [0.717, 1.165) is 5.82 Å². The minimum absolute atomic E-state index is 0. The Morgan fingerprint density at radius 3 is 2.91 bits per heavy atom. The summed E-state index contributed by atoms with van der Waals surface area (Å²) in [6, 6.07) is 7.48. The predicted molar refractivity (Wildman–Crippen MR) is 45.6 cm³/mol. The molecule has 1 rings (SSSR count). The van der Waals surface area contributed by atoms with Crippen LogP contribution in [0.1, 0.15) is 0 Å². The van der Waals surface area contributed by atoms with E-state index in [1.165, 1.54) is 0 Å². The third-order valence-corrected chi connectivity index (χ3v) is 1.01. The molecular formula is C7H8ClN3. The zero-order valence-electron chi connectivity index (χ0n) is 5.82. The van der Waals surface area contributed by atoms with Gasteiger partial charge in [-0.2, -0.15) is 5.26 Å². The molecule has 1 aromatic rings. The van der Waals surface area contributed by atoms with Crippen LogP contribution in [0.4, 0.5) is 5.82 Å². The summed E-state index contributed by atoms with van der Waals surface area (Å²) in [5.74, 6) is 0.740. The van der Waals surface area contributed by atoms with Gasteiger partial charge in [-0.1, -0.05) is 6.07 Å². The van der Waals surface area contributed by atoms with Crippen LogP contribution in [0.15, 0.2) is 24.4 Å². The van der Waals surface area contributed by atoms with Crippen molar-refractivity contribution in [3.63, 3.8) is 0 Å². The van der Waals surface area contributed by atoms with Crippen LogP contribution < -0.4 is 5.32 Å². The molecule has 1 heterocycles. The lowest BCUT2D eigenvalue weighted by Crippen LogP contribution is -1.99. The third-order valence-electron chi connectivity index (χ3n) is 1.01. The lowest BCUT2D eigenvalue weighted by Gasteiger charge is -1.96. The predicted octanol–water partition coefficient (Wildman–Crippen LogP) is 1.44. The summed E-state index contributed by atoms with van der Waals surface area (Å²) in [5, 5.41) is 11.0. The van der Waals surface area contributed by atoms with Gasteiger partial charge in [-0.25, -0.2) is 4.98 Å². The Bertz CT molecular complexity index is 229.